The highest BCUT2D eigenvalue weighted by atomic mass is 15.1. The summed E-state index contributed by atoms with van der Waals surface area (Å²) in [7, 11) is 2.15. The lowest BCUT2D eigenvalue weighted by Crippen LogP contribution is -2.20. The highest BCUT2D eigenvalue weighted by Gasteiger charge is 2.04. The summed E-state index contributed by atoms with van der Waals surface area (Å²) in [6.07, 6.45) is 2.27. The first-order chi connectivity index (χ1) is 7.16. The highest BCUT2D eigenvalue weighted by molar-refractivity contribution is 5.55. The summed E-state index contributed by atoms with van der Waals surface area (Å²) in [5.41, 5.74) is 9.57. The van der Waals surface area contributed by atoms with Gasteiger partial charge in [-0.2, -0.15) is 0 Å². The molecule has 0 amide bonds. The minimum Gasteiger partial charge on any atom is -0.374 e. The van der Waals surface area contributed by atoms with E-state index in [1.807, 2.05) is 0 Å². The van der Waals surface area contributed by atoms with Crippen LogP contribution in [0.15, 0.2) is 18.2 Å². The van der Waals surface area contributed by atoms with Crippen LogP contribution in [0.3, 0.4) is 0 Å². The topological polar surface area (TPSA) is 29.3 Å². The lowest BCUT2D eigenvalue weighted by atomic mass is 10.1. The first-order valence-electron chi connectivity index (χ1n) is 5.64. The van der Waals surface area contributed by atoms with Gasteiger partial charge in [-0.3, -0.25) is 0 Å². The number of hydrogen-bond acceptors (Lipinski definition) is 2. The Morgan fingerprint density at radius 3 is 2.60 bits per heavy atom. The average Bonchev–Trinajstić information content (AvgIpc) is 2.22. The fourth-order valence-electron chi connectivity index (χ4n) is 1.76. The zero-order valence-electron chi connectivity index (χ0n) is 10.1. The summed E-state index contributed by atoms with van der Waals surface area (Å²) in [6, 6.07) is 6.47. The molecule has 0 radical (unpaired) electrons. The third kappa shape index (κ3) is 3.24. The fraction of sp³-hybridized carbons (Fsp3) is 0.538. The van der Waals surface area contributed by atoms with Crippen molar-refractivity contribution >= 4 is 5.69 Å². The average molecular weight is 206 g/mol. The van der Waals surface area contributed by atoms with Gasteiger partial charge in [-0.15, -0.1) is 0 Å². The van der Waals surface area contributed by atoms with E-state index in [4.69, 9.17) is 5.73 Å². The second kappa shape index (κ2) is 5.76. The van der Waals surface area contributed by atoms with Crippen molar-refractivity contribution in [2.45, 2.75) is 26.7 Å². The SMILES string of the molecule is Cc1cccc(N(C)CCCCN)c1C. The van der Waals surface area contributed by atoms with Gasteiger partial charge in [0.1, 0.15) is 0 Å². The molecular weight excluding hydrogens is 184 g/mol. The molecule has 0 aliphatic heterocycles. The van der Waals surface area contributed by atoms with Crippen LogP contribution in [0.25, 0.3) is 0 Å². The van der Waals surface area contributed by atoms with Crippen LogP contribution in [0.2, 0.25) is 0 Å². The Morgan fingerprint density at radius 1 is 1.20 bits per heavy atom. The van der Waals surface area contributed by atoms with E-state index < -0.39 is 0 Å². The van der Waals surface area contributed by atoms with Crippen molar-refractivity contribution < 1.29 is 0 Å². The van der Waals surface area contributed by atoms with Crippen LogP contribution in [0.4, 0.5) is 5.69 Å². The molecule has 0 bridgehead atoms. The molecule has 1 aromatic rings. The fourth-order valence-corrected chi connectivity index (χ4v) is 1.76. The van der Waals surface area contributed by atoms with Gasteiger partial charge < -0.3 is 10.6 Å². The number of unbranched alkanes of at least 4 members (excludes halogenated alkanes) is 1. The van der Waals surface area contributed by atoms with E-state index >= 15 is 0 Å². The van der Waals surface area contributed by atoms with E-state index in [1.165, 1.54) is 23.2 Å². The van der Waals surface area contributed by atoms with Gasteiger partial charge in [-0.1, -0.05) is 12.1 Å². The molecule has 0 aliphatic rings. The van der Waals surface area contributed by atoms with Crippen molar-refractivity contribution in [1.82, 2.24) is 0 Å². The van der Waals surface area contributed by atoms with Gasteiger partial charge in [0, 0.05) is 19.3 Å². The normalized spacial score (nSPS) is 10.4. The monoisotopic (exact) mass is 206 g/mol. The van der Waals surface area contributed by atoms with Crippen molar-refractivity contribution in [2.24, 2.45) is 5.73 Å². The van der Waals surface area contributed by atoms with Crippen LogP contribution in [-0.4, -0.2) is 20.1 Å². The minimum atomic E-state index is 0.792. The Kier molecular flexibility index (Phi) is 4.63. The summed E-state index contributed by atoms with van der Waals surface area (Å²) >= 11 is 0. The molecule has 0 unspecified atom stereocenters. The molecule has 0 aliphatic carbocycles. The number of aryl methyl sites for hydroxylation is 1. The maximum atomic E-state index is 5.49. The third-order valence-electron chi connectivity index (χ3n) is 2.93. The van der Waals surface area contributed by atoms with E-state index in [0.717, 1.165) is 19.5 Å². The number of nitrogens with two attached hydrogens (primary N) is 1. The quantitative estimate of drug-likeness (QED) is 0.750. The molecule has 84 valence electrons. The van der Waals surface area contributed by atoms with Gasteiger partial charge in [-0.05, 0) is 50.4 Å². The number of benzene rings is 1. The molecule has 15 heavy (non-hydrogen) atoms. The lowest BCUT2D eigenvalue weighted by molar-refractivity contribution is 0.727. The summed E-state index contributed by atoms with van der Waals surface area (Å²) < 4.78 is 0. The molecule has 1 rings (SSSR count). The molecule has 0 spiro atoms. The molecule has 0 fully saturated rings. The largest absolute Gasteiger partial charge is 0.374 e. The van der Waals surface area contributed by atoms with Crippen molar-refractivity contribution in [3.05, 3.63) is 29.3 Å². The minimum absolute atomic E-state index is 0.792. The van der Waals surface area contributed by atoms with E-state index in [1.54, 1.807) is 0 Å². The summed E-state index contributed by atoms with van der Waals surface area (Å²) in [5.74, 6) is 0. The molecule has 0 saturated carbocycles. The maximum Gasteiger partial charge on any atom is 0.0395 e. The van der Waals surface area contributed by atoms with Crippen LogP contribution in [0.1, 0.15) is 24.0 Å². The summed E-state index contributed by atoms with van der Waals surface area (Å²) in [4.78, 5) is 2.32. The van der Waals surface area contributed by atoms with Gasteiger partial charge in [0.05, 0.1) is 0 Å². The molecule has 0 aromatic heterocycles. The van der Waals surface area contributed by atoms with Crippen LogP contribution in [-0.2, 0) is 0 Å². The first-order valence-corrected chi connectivity index (χ1v) is 5.64. The Balaban J connectivity index is 2.65. The molecule has 0 heterocycles. The second-order valence-corrected chi connectivity index (χ2v) is 4.14. The molecule has 1 aromatic carbocycles. The van der Waals surface area contributed by atoms with Gasteiger partial charge >= 0.3 is 0 Å². The van der Waals surface area contributed by atoms with E-state index in [9.17, 15) is 0 Å². The van der Waals surface area contributed by atoms with Crippen molar-refractivity contribution in [3.8, 4) is 0 Å². The lowest BCUT2D eigenvalue weighted by Gasteiger charge is -2.22. The number of hydrogen-bond donors (Lipinski definition) is 1. The van der Waals surface area contributed by atoms with Crippen LogP contribution in [0, 0.1) is 13.8 Å². The van der Waals surface area contributed by atoms with Gasteiger partial charge in [0.2, 0.25) is 0 Å². The molecule has 2 nitrogen and oxygen atoms in total. The first kappa shape index (κ1) is 12.1. The van der Waals surface area contributed by atoms with Crippen molar-refractivity contribution in [3.63, 3.8) is 0 Å². The Bertz CT molecular complexity index is 307. The maximum absolute atomic E-state index is 5.49. The Hall–Kier alpha value is -1.02. The number of anilines is 1. The van der Waals surface area contributed by atoms with Crippen LogP contribution in [0.5, 0.6) is 0 Å². The van der Waals surface area contributed by atoms with Gasteiger partial charge in [0.25, 0.3) is 0 Å². The van der Waals surface area contributed by atoms with Gasteiger partial charge in [0.15, 0.2) is 0 Å². The summed E-state index contributed by atoms with van der Waals surface area (Å²) in [6.45, 7) is 6.22. The molecule has 0 saturated heterocycles. The smallest absolute Gasteiger partial charge is 0.0395 e. The standard InChI is InChI=1S/C13H22N2/c1-11-7-6-8-13(12(11)2)15(3)10-5-4-9-14/h6-8H,4-5,9-10,14H2,1-3H3. The Morgan fingerprint density at radius 2 is 1.93 bits per heavy atom. The highest BCUT2D eigenvalue weighted by Crippen LogP contribution is 2.21. The molecule has 0 atom stereocenters. The van der Waals surface area contributed by atoms with E-state index in [0.29, 0.717) is 0 Å². The zero-order chi connectivity index (χ0) is 11.3. The van der Waals surface area contributed by atoms with Crippen LogP contribution < -0.4 is 10.6 Å². The summed E-state index contributed by atoms with van der Waals surface area (Å²) in [5, 5.41) is 0. The molecule has 2 N–H and O–H groups in total. The van der Waals surface area contributed by atoms with Crippen molar-refractivity contribution in [2.75, 3.05) is 25.0 Å². The zero-order valence-corrected chi connectivity index (χ0v) is 10.1. The predicted molar refractivity (Wildman–Crippen MR) is 67.5 cm³/mol. The Labute approximate surface area is 93.1 Å². The third-order valence-corrected chi connectivity index (χ3v) is 2.93. The van der Waals surface area contributed by atoms with E-state index in [-0.39, 0.29) is 0 Å². The number of rotatable bonds is 5. The number of nitrogens with zero attached hydrogens (tertiary/aromatic N) is 1. The molecular formula is C13H22N2. The van der Waals surface area contributed by atoms with Gasteiger partial charge in [-0.25, -0.2) is 0 Å². The second-order valence-electron chi connectivity index (χ2n) is 4.14. The molecule has 2 heteroatoms. The van der Waals surface area contributed by atoms with Crippen molar-refractivity contribution in [1.29, 1.82) is 0 Å². The van der Waals surface area contributed by atoms with E-state index in [2.05, 4.69) is 44.0 Å². The predicted octanol–water partition coefficient (Wildman–Crippen LogP) is 2.48. The van der Waals surface area contributed by atoms with Crippen LogP contribution >= 0.6 is 0 Å².